The third-order valence-corrected chi connectivity index (χ3v) is 1.04. The highest BCUT2D eigenvalue weighted by atomic mass is 14.5. The maximum Gasteiger partial charge on any atom is -0.00514 e. The Morgan fingerprint density at radius 1 is 1.71 bits per heavy atom. The van der Waals surface area contributed by atoms with Crippen molar-refractivity contribution in [3.63, 3.8) is 0 Å². The first kappa shape index (κ1) is 6.96. The van der Waals surface area contributed by atoms with Crippen molar-refractivity contribution < 1.29 is 0 Å². The van der Waals surface area contributed by atoms with Crippen LogP contribution in [0.3, 0.4) is 0 Å². The van der Waals surface area contributed by atoms with E-state index in [-0.39, 0.29) is 0 Å². The van der Waals surface area contributed by atoms with E-state index in [1.807, 2.05) is 0 Å². The molecular formula is C6H14N. The molecule has 0 saturated heterocycles. The van der Waals surface area contributed by atoms with E-state index in [9.17, 15) is 0 Å². The summed E-state index contributed by atoms with van der Waals surface area (Å²) < 4.78 is 0. The molecule has 1 unspecified atom stereocenters. The van der Waals surface area contributed by atoms with Gasteiger partial charge in [0.15, 0.2) is 0 Å². The van der Waals surface area contributed by atoms with Crippen molar-refractivity contribution in [3.8, 4) is 0 Å². The van der Waals surface area contributed by atoms with Gasteiger partial charge in [0.25, 0.3) is 0 Å². The normalized spacial score (nSPS) is 14.1. The van der Waals surface area contributed by atoms with Crippen molar-refractivity contribution in [2.24, 2.45) is 11.7 Å². The Bertz CT molecular complexity index is 35.2. The Morgan fingerprint density at radius 3 is 2.43 bits per heavy atom. The Balaban J connectivity index is 2.83. The highest BCUT2D eigenvalue weighted by Crippen LogP contribution is 1.99. The Kier molecular flexibility index (Phi) is 4.10. The molecule has 0 saturated carbocycles. The molecule has 0 aliphatic carbocycles. The van der Waals surface area contributed by atoms with E-state index < -0.39 is 0 Å². The second-order valence-electron chi connectivity index (χ2n) is 1.98. The lowest BCUT2D eigenvalue weighted by atomic mass is 10.1. The molecule has 0 aromatic rings. The zero-order valence-electron chi connectivity index (χ0n) is 5.15. The maximum absolute atomic E-state index is 5.34. The molecule has 0 amide bonds. The highest BCUT2D eigenvalue weighted by molar-refractivity contribution is 4.62. The highest BCUT2D eigenvalue weighted by Gasteiger charge is 1.93. The first-order valence-corrected chi connectivity index (χ1v) is 2.79. The van der Waals surface area contributed by atoms with Gasteiger partial charge in [-0.2, -0.15) is 0 Å². The molecular weight excluding hydrogens is 86.1 g/mol. The quantitative estimate of drug-likeness (QED) is 0.566. The fraction of sp³-hybridized carbons (Fsp3) is 0.833. The first-order valence-electron chi connectivity index (χ1n) is 2.79. The molecule has 1 nitrogen and oxygen atoms in total. The van der Waals surface area contributed by atoms with Crippen molar-refractivity contribution in [3.05, 3.63) is 6.42 Å². The summed E-state index contributed by atoms with van der Waals surface area (Å²) in [5.41, 5.74) is 5.34. The van der Waals surface area contributed by atoms with Crippen LogP contribution in [-0.4, -0.2) is 6.54 Å². The average molecular weight is 100 g/mol. The molecule has 0 aliphatic rings. The van der Waals surface area contributed by atoms with E-state index in [0.29, 0.717) is 5.92 Å². The van der Waals surface area contributed by atoms with Crippen molar-refractivity contribution in [2.75, 3.05) is 6.54 Å². The lowest BCUT2D eigenvalue weighted by molar-refractivity contribution is 0.586. The van der Waals surface area contributed by atoms with Gasteiger partial charge in [0.2, 0.25) is 0 Å². The first-order chi connectivity index (χ1) is 3.31. The molecule has 0 fully saturated rings. The minimum Gasteiger partial charge on any atom is -0.330 e. The smallest absolute Gasteiger partial charge is 0.00514 e. The summed E-state index contributed by atoms with van der Waals surface area (Å²) in [6.07, 6.45) is 3.30. The molecule has 1 heteroatoms. The molecule has 7 heavy (non-hydrogen) atoms. The van der Waals surface area contributed by atoms with Gasteiger partial charge in [-0.15, -0.1) is 0 Å². The van der Waals surface area contributed by atoms with Gasteiger partial charge in [-0.3, -0.25) is 0 Å². The van der Waals surface area contributed by atoms with Crippen LogP contribution in [0, 0.1) is 12.3 Å². The van der Waals surface area contributed by atoms with Gasteiger partial charge in [0, 0.05) is 0 Å². The third-order valence-electron chi connectivity index (χ3n) is 1.04. The van der Waals surface area contributed by atoms with Crippen LogP contribution in [0.5, 0.6) is 0 Å². The van der Waals surface area contributed by atoms with Gasteiger partial charge in [0.05, 0.1) is 0 Å². The van der Waals surface area contributed by atoms with Crippen LogP contribution in [0.4, 0.5) is 0 Å². The van der Waals surface area contributed by atoms with Crippen LogP contribution in [0.1, 0.15) is 20.3 Å². The predicted molar refractivity (Wildman–Crippen MR) is 32.8 cm³/mol. The van der Waals surface area contributed by atoms with Gasteiger partial charge in [-0.25, -0.2) is 0 Å². The molecule has 0 aliphatic heterocycles. The summed E-state index contributed by atoms with van der Waals surface area (Å²) >= 11 is 0. The molecule has 0 rings (SSSR count). The average Bonchev–Trinajstić information content (AvgIpc) is 1.68. The van der Waals surface area contributed by atoms with E-state index in [4.69, 9.17) is 5.73 Å². The van der Waals surface area contributed by atoms with Crippen LogP contribution in [0.2, 0.25) is 0 Å². The van der Waals surface area contributed by atoms with Gasteiger partial charge in [0.1, 0.15) is 0 Å². The molecule has 0 aromatic heterocycles. The second-order valence-corrected chi connectivity index (χ2v) is 1.98. The van der Waals surface area contributed by atoms with Crippen LogP contribution in [0.15, 0.2) is 0 Å². The summed E-state index contributed by atoms with van der Waals surface area (Å²) in [5.74, 6) is 0.671. The minimum absolute atomic E-state index is 0.671. The van der Waals surface area contributed by atoms with E-state index in [2.05, 4.69) is 20.3 Å². The van der Waals surface area contributed by atoms with Gasteiger partial charge >= 0.3 is 0 Å². The molecule has 0 bridgehead atoms. The van der Waals surface area contributed by atoms with Crippen molar-refractivity contribution in [1.29, 1.82) is 0 Å². The van der Waals surface area contributed by atoms with Crippen LogP contribution in [-0.2, 0) is 0 Å². The Hall–Kier alpha value is -0.0400. The number of hydrogen-bond donors (Lipinski definition) is 1. The molecule has 1 radical (unpaired) electrons. The summed E-state index contributed by atoms with van der Waals surface area (Å²) in [6.45, 7) is 5.02. The van der Waals surface area contributed by atoms with Crippen molar-refractivity contribution >= 4 is 0 Å². The monoisotopic (exact) mass is 100 g/mol. The predicted octanol–water partition coefficient (Wildman–Crippen LogP) is 1.20. The van der Waals surface area contributed by atoms with Gasteiger partial charge < -0.3 is 5.73 Å². The molecule has 0 aromatic carbocycles. The zero-order valence-corrected chi connectivity index (χ0v) is 5.15. The van der Waals surface area contributed by atoms with Crippen LogP contribution >= 0.6 is 0 Å². The lowest BCUT2D eigenvalue weighted by Gasteiger charge is -2.02. The molecule has 0 heterocycles. The molecule has 43 valence electrons. The summed E-state index contributed by atoms with van der Waals surface area (Å²) in [7, 11) is 0. The van der Waals surface area contributed by atoms with E-state index in [1.165, 1.54) is 0 Å². The number of hydrogen-bond acceptors (Lipinski definition) is 1. The van der Waals surface area contributed by atoms with E-state index >= 15 is 0 Å². The SMILES string of the molecule is C[CH]CC(C)CN. The molecule has 1 atom stereocenters. The third kappa shape index (κ3) is 3.80. The fourth-order valence-electron chi connectivity index (χ4n) is 0.499. The molecule has 0 spiro atoms. The minimum atomic E-state index is 0.671. The fourth-order valence-corrected chi connectivity index (χ4v) is 0.499. The summed E-state index contributed by atoms with van der Waals surface area (Å²) in [4.78, 5) is 0. The van der Waals surface area contributed by atoms with Crippen LogP contribution < -0.4 is 5.73 Å². The lowest BCUT2D eigenvalue weighted by Crippen LogP contribution is -2.09. The van der Waals surface area contributed by atoms with E-state index in [0.717, 1.165) is 13.0 Å². The Morgan fingerprint density at radius 2 is 2.29 bits per heavy atom. The second kappa shape index (κ2) is 4.13. The largest absolute Gasteiger partial charge is 0.330 e. The molecule has 2 N–H and O–H groups in total. The topological polar surface area (TPSA) is 26.0 Å². The summed E-state index contributed by atoms with van der Waals surface area (Å²) in [5, 5.41) is 0. The Labute approximate surface area is 45.9 Å². The zero-order chi connectivity index (χ0) is 5.70. The van der Waals surface area contributed by atoms with Gasteiger partial charge in [-0.1, -0.05) is 13.8 Å². The van der Waals surface area contributed by atoms with Gasteiger partial charge in [-0.05, 0) is 25.3 Å². The standard InChI is InChI=1S/C6H14N/c1-3-4-6(2)5-7/h3,6H,4-5,7H2,1-2H3. The van der Waals surface area contributed by atoms with Crippen molar-refractivity contribution in [2.45, 2.75) is 20.3 Å². The summed E-state index contributed by atoms with van der Waals surface area (Å²) in [6, 6.07) is 0. The van der Waals surface area contributed by atoms with E-state index in [1.54, 1.807) is 0 Å². The number of rotatable bonds is 3. The number of nitrogens with two attached hydrogens (primary N) is 1. The van der Waals surface area contributed by atoms with Crippen molar-refractivity contribution in [1.82, 2.24) is 0 Å². The van der Waals surface area contributed by atoms with Crippen LogP contribution in [0.25, 0.3) is 0 Å². The maximum atomic E-state index is 5.34.